The molecule has 1 aromatic carbocycles. The predicted octanol–water partition coefficient (Wildman–Crippen LogP) is 4.67. The Kier molecular flexibility index (Phi) is 7.73. The van der Waals surface area contributed by atoms with Crippen LogP contribution < -0.4 is 10.2 Å². The Balaban J connectivity index is 0.000000187. The van der Waals surface area contributed by atoms with Crippen LogP contribution in [-0.4, -0.2) is 45.2 Å². The molecule has 36 heavy (non-hydrogen) atoms. The van der Waals surface area contributed by atoms with Gasteiger partial charge in [0.25, 0.3) is 0 Å². The number of nitrogens with one attached hydrogen (secondary N) is 1. The number of carbonyl (C=O) groups is 1. The van der Waals surface area contributed by atoms with Crippen molar-refractivity contribution in [3.05, 3.63) is 36.4 Å². The van der Waals surface area contributed by atoms with Gasteiger partial charge in [0.05, 0.1) is 11.3 Å². The third-order valence-electron chi connectivity index (χ3n) is 6.89. The van der Waals surface area contributed by atoms with Crippen molar-refractivity contribution in [3.63, 3.8) is 0 Å². The van der Waals surface area contributed by atoms with E-state index in [1.165, 1.54) is 6.42 Å². The number of anilines is 1. The number of carbonyl (C=O) groups excluding carboxylic acids is 1. The Morgan fingerprint density at radius 2 is 1.83 bits per heavy atom. The Labute approximate surface area is 210 Å². The number of oxazole rings is 1. The molecule has 0 radical (unpaired) electrons. The van der Waals surface area contributed by atoms with Crippen LogP contribution in [0.25, 0.3) is 11.3 Å². The highest BCUT2D eigenvalue weighted by Gasteiger charge is 2.45. The van der Waals surface area contributed by atoms with E-state index in [9.17, 15) is 22.2 Å². The van der Waals surface area contributed by atoms with E-state index < -0.39 is 28.4 Å². The summed E-state index contributed by atoms with van der Waals surface area (Å²) in [6, 6.07) is 9.21. The molecule has 194 valence electrons. The van der Waals surface area contributed by atoms with Crippen LogP contribution in [0.1, 0.15) is 50.8 Å². The predicted molar refractivity (Wildman–Crippen MR) is 129 cm³/mol. The van der Waals surface area contributed by atoms with Crippen LogP contribution in [0, 0.1) is 17.2 Å². The van der Waals surface area contributed by atoms with E-state index in [2.05, 4.69) is 25.7 Å². The summed E-state index contributed by atoms with van der Waals surface area (Å²) >= 11 is 0. The molecule has 3 aliphatic rings. The molecule has 0 spiro atoms. The van der Waals surface area contributed by atoms with Crippen LogP contribution in [0.5, 0.6) is 0 Å². The van der Waals surface area contributed by atoms with Gasteiger partial charge in [0.2, 0.25) is 5.91 Å². The Bertz CT molecular complexity index is 1130. The van der Waals surface area contributed by atoms with Crippen molar-refractivity contribution in [2.45, 2.75) is 61.9 Å². The second-order valence-corrected chi connectivity index (χ2v) is 11.3. The quantitative estimate of drug-likeness (QED) is 0.613. The van der Waals surface area contributed by atoms with E-state index >= 15 is 0 Å². The average molecular weight is 523 g/mol. The number of alkyl halides is 3. The lowest BCUT2D eigenvalue weighted by Gasteiger charge is -2.39. The molecule has 3 fully saturated rings. The number of nitriles is 1. The summed E-state index contributed by atoms with van der Waals surface area (Å²) < 4.78 is 53.1. The maximum Gasteiger partial charge on any atom is 0.468 e. The molecule has 7 nitrogen and oxygen atoms in total. The lowest BCUT2D eigenvalue weighted by Crippen LogP contribution is -2.52. The summed E-state index contributed by atoms with van der Waals surface area (Å²) in [5, 5.41) is 11.9. The van der Waals surface area contributed by atoms with Crippen molar-refractivity contribution in [2.75, 3.05) is 24.2 Å². The van der Waals surface area contributed by atoms with Gasteiger partial charge >= 0.3 is 12.1 Å². The first-order valence-electron chi connectivity index (χ1n) is 12.0. The number of halogens is 3. The van der Waals surface area contributed by atoms with E-state index in [0.29, 0.717) is 5.56 Å². The van der Waals surface area contributed by atoms with Crippen molar-refractivity contribution in [3.8, 4) is 17.3 Å². The summed E-state index contributed by atoms with van der Waals surface area (Å²) in [5.74, 6) is -0.957. The van der Waals surface area contributed by atoms with Crippen LogP contribution in [-0.2, 0) is 21.8 Å². The molecule has 1 atom stereocenters. The highest BCUT2D eigenvalue weighted by Crippen LogP contribution is 2.36. The van der Waals surface area contributed by atoms with Gasteiger partial charge in [-0.15, -0.1) is 0 Å². The van der Waals surface area contributed by atoms with Crippen LogP contribution in [0.2, 0.25) is 0 Å². The van der Waals surface area contributed by atoms with Crippen molar-refractivity contribution in [1.82, 2.24) is 10.3 Å². The number of hydrogen-bond acceptors (Lipinski definition) is 6. The van der Waals surface area contributed by atoms with Crippen molar-refractivity contribution in [1.29, 1.82) is 5.26 Å². The first-order valence-corrected chi connectivity index (χ1v) is 13.7. The maximum absolute atomic E-state index is 12.5. The number of aromatic nitrogens is 1. The van der Waals surface area contributed by atoms with E-state index in [0.717, 1.165) is 63.6 Å². The van der Waals surface area contributed by atoms with Gasteiger partial charge < -0.3 is 14.6 Å². The highest BCUT2D eigenvalue weighted by molar-refractivity contribution is 7.85. The molecule has 1 N–H and O–H groups in total. The van der Waals surface area contributed by atoms with Gasteiger partial charge in [0, 0.05) is 47.3 Å². The molecule has 2 saturated carbocycles. The largest absolute Gasteiger partial charge is 0.468 e. The standard InChI is InChI=1S/C14H13F3N2O2S.C11H16N2O/c1-22(20)11-6-19(7-11)10-4-2-9(3-5-10)12-8-21-13(18-12)14(15,16)17;12-8-11(6-7-11)13-10(14)9-4-2-1-3-5-9/h2-5,8,11H,6-7H2,1H3;9H,1-7H2,(H,13,14). The Hall–Kier alpha value is -2.87. The molecule has 1 aromatic heterocycles. The lowest BCUT2D eigenvalue weighted by molar-refractivity contribution is -0.157. The molecule has 2 aliphatic carbocycles. The Morgan fingerprint density at radius 3 is 2.33 bits per heavy atom. The number of benzene rings is 1. The normalized spacial score (nSPS) is 20.4. The van der Waals surface area contributed by atoms with Crippen LogP contribution >= 0.6 is 0 Å². The molecule has 5 rings (SSSR count). The minimum absolute atomic E-state index is 0.115. The summed E-state index contributed by atoms with van der Waals surface area (Å²) in [6.07, 6.45) is 5.37. The zero-order valence-corrected chi connectivity index (χ0v) is 20.8. The SMILES string of the molecule is CS(=O)C1CN(c2ccc(-c3coc(C(F)(F)F)n3)cc2)C1.N#CC1(NC(=O)C2CCCCC2)CC1. The number of nitrogens with zero attached hydrogens (tertiary/aromatic N) is 3. The zero-order valence-electron chi connectivity index (χ0n) is 20.0. The first-order chi connectivity index (χ1) is 17.1. The minimum Gasteiger partial charge on any atom is -0.441 e. The van der Waals surface area contributed by atoms with E-state index in [1.54, 1.807) is 18.4 Å². The van der Waals surface area contributed by atoms with Crippen molar-refractivity contribution < 1.29 is 26.6 Å². The second-order valence-electron chi connectivity index (χ2n) is 9.63. The smallest absolute Gasteiger partial charge is 0.441 e. The molecular weight excluding hydrogens is 493 g/mol. The fourth-order valence-corrected chi connectivity index (χ4v) is 5.11. The fraction of sp³-hybridized carbons (Fsp3) is 0.560. The third-order valence-corrected chi connectivity index (χ3v) is 8.13. The molecule has 2 heterocycles. The number of rotatable bonds is 5. The van der Waals surface area contributed by atoms with Gasteiger partial charge in [-0.05, 0) is 37.8 Å². The zero-order chi connectivity index (χ0) is 25.9. The molecule has 2 aromatic rings. The molecule has 1 amide bonds. The summed E-state index contributed by atoms with van der Waals surface area (Å²) in [5.41, 5.74) is 1.17. The maximum atomic E-state index is 12.5. The second kappa shape index (κ2) is 10.6. The lowest BCUT2D eigenvalue weighted by atomic mass is 9.88. The van der Waals surface area contributed by atoms with E-state index in [-0.39, 0.29) is 22.8 Å². The van der Waals surface area contributed by atoms with Gasteiger partial charge in [-0.1, -0.05) is 31.4 Å². The van der Waals surface area contributed by atoms with E-state index in [1.807, 2.05) is 12.1 Å². The average Bonchev–Trinajstić information content (AvgIpc) is 3.40. The van der Waals surface area contributed by atoms with Gasteiger partial charge in [0.15, 0.2) is 0 Å². The number of amides is 1. The monoisotopic (exact) mass is 522 g/mol. The van der Waals surface area contributed by atoms with Crippen molar-refractivity contribution in [2.24, 2.45) is 5.92 Å². The minimum atomic E-state index is -4.58. The van der Waals surface area contributed by atoms with Crippen LogP contribution in [0.4, 0.5) is 18.9 Å². The van der Waals surface area contributed by atoms with Gasteiger partial charge in [-0.2, -0.15) is 18.4 Å². The topological polar surface area (TPSA) is 99.2 Å². The van der Waals surface area contributed by atoms with Gasteiger partial charge in [-0.25, -0.2) is 4.98 Å². The summed E-state index contributed by atoms with van der Waals surface area (Å²) in [7, 11) is -0.829. The fourth-order valence-electron chi connectivity index (χ4n) is 4.33. The number of hydrogen-bond donors (Lipinski definition) is 1. The van der Waals surface area contributed by atoms with E-state index in [4.69, 9.17) is 5.26 Å². The van der Waals surface area contributed by atoms with Crippen LogP contribution in [0.15, 0.2) is 34.9 Å². The first kappa shape index (κ1) is 26.2. The molecule has 1 saturated heterocycles. The van der Waals surface area contributed by atoms with Crippen molar-refractivity contribution >= 4 is 22.4 Å². The summed E-state index contributed by atoms with van der Waals surface area (Å²) in [4.78, 5) is 17.3. The molecule has 1 unspecified atom stereocenters. The third kappa shape index (κ3) is 6.27. The summed E-state index contributed by atoms with van der Waals surface area (Å²) in [6.45, 7) is 1.45. The highest BCUT2D eigenvalue weighted by atomic mass is 32.2. The van der Waals surface area contributed by atoms with Gasteiger partial charge in [0.1, 0.15) is 17.5 Å². The van der Waals surface area contributed by atoms with Gasteiger partial charge in [-0.3, -0.25) is 9.00 Å². The molecule has 11 heteroatoms. The Morgan fingerprint density at radius 1 is 1.19 bits per heavy atom. The molecule has 1 aliphatic heterocycles. The van der Waals surface area contributed by atoms with Crippen LogP contribution in [0.3, 0.4) is 0 Å². The molecular formula is C25H29F3N4O3S. The molecule has 0 bridgehead atoms.